The molecular weight excluding hydrogens is 617 g/mol. The van der Waals surface area contributed by atoms with Gasteiger partial charge in [0.1, 0.15) is 70.6 Å². The number of carbonyl (C=O) groups excluding carboxylic acids is 4. The van der Waals surface area contributed by atoms with Gasteiger partial charge in [0.2, 0.25) is 19.8 Å². The summed E-state index contributed by atoms with van der Waals surface area (Å²) < 4.78 is 31.1. The molecule has 198 valence electrons. The summed E-state index contributed by atoms with van der Waals surface area (Å²) in [7, 11) is 95.5. The molecule has 26 heteroatoms. The number of piperidine rings is 1. The SMILES string of the molecule is [B]c1c([B])c(C(F)(F)C(=O)NC([B])c2c([B])c([B])c3c(c2[B])C([B])([B])N(C2([B])C(=O)N([B])C(=O)C([B])([B])C2([B])[B])C3=O)c([B])c([B])c1Cl. The predicted octanol–water partition coefficient (Wildman–Crippen LogP) is -9.90. The molecule has 2 unspecified atom stereocenters. The topological polar surface area (TPSA) is 86.8 Å². The van der Waals surface area contributed by atoms with Crippen LogP contribution in [0.4, 0.5) is 8.78 Å². The minimum absolute atomic E-state index is 0.156. The van der Waals surface area contributed by atoms with E-state index in [1.807, 2.05) is 0 Å². The van der Waals surface area contributed by atoms with E-state index in [1.165, 1.54) is 0 Å². The Kier molecular flexibility index (Phi) is 9.33. The Morgan fingerprint density at radius 3 is 1.73 bits per heavy atom. The first-order valence-electron chi connectivity index (χ1n) is 13.0. The average molecular weight is 619 g/mol. The standard InChI is InChI=1S/C22H2B16ClF2N3O4/c23-5-2(13(30)42-15(46)18(40,41)4-8(26)10(28)12(39)11(29)9(4)27)7(25)6(24)1-3(5)21(34,35)44(14(1)45)20(33)17(48)43(38)16(47)19(31,32)22(20,36)37/h13H,(H,42,46). The van der Waals surface area contributed by atoms with E-state index in [4.69, 9.17) is 137 Å². The van der Waals surface area contributed by atoms with Gasteiger partial charge in [0.15, 0.2) is 0 Å². The maximum atomic E-state index is 15.6. The summed E-state index contributed by atoms with van der Waals surface area (Å²) in [4.78, 5) is 52.9. The number of halogens is 3. The van der Waals surface area contributed by atoms with E-state index >= 15 is 8.78 Å². The van der Waals surface area contributed by atoms with E-state index in [2.05, 4.69) is 0 Å². The number of fused-ring (bicyclic) bond motifs is 1. The minimum Gasteiger partial charge on any atom is -0.352 e. The van der Waals surface area contributed by atoms with Crippen molar-refractivity contribution in [1.82, 2.24) is 15.0 Å². The van der Waals surface area contributed by atoms with Gasteiger partial charge < -0.3 is 15.0 Å². The summed E-state index contributed by atoms with van der Waals surface area (Å²) in [6.45, 7) is 0. The predicted molar refractivity (Wildman–Crippen MR) is 190 cm³/mol. The first-order valence-corrected chi connectivity index (χ1v) is 13.3. The highest BCUT2D eigenvalue weighted by molar-refractivity contribution is 6.69. The molecule has 0 aromatic heterocycles. The summed E-state index contributed by atoms with van der Waals surface area (Å²) in [5, 5.41) is -7.57. The Labute approximate surface area is 301 Å². The van der Waals surface area contributed by atoms with Gasteiger partial charge in [-0.05, 0) is 21.7 Å². The molecule has 2 aliphatic rings. The van der Waals surface area contributed by atoms with Crippen LogP contribution in [-0.4, -0.2) is 164 Å². The lowest BCUT2D eigenvalue weighted by Gasteiger charge is -2.65. The van der Waals surface area contributed by atoms with Gasteiger partial charge in [-0.1, -0.05) is 55.1 Å². The molecule has 2 aromatic rings. The normalized spacial score (nSPS) is 21.9. The molecule has 2 heterocycles. The first-order chi connectivity index (χ1) is 21.6. The molecule has 2 aliphatic heterocycles. The van der Waals surface area contributed by atoms with Crippen LogP contribution in [0.5, 0.6) is 0 Å². The lowest BCUT2D eigenvalue weighted by Crippen LogP contribution is -2.78. The monoisotopic (exact) mass is 621 g/mol. The Bertz CT molecular complexity index is 1830. The van der Waals surface area contributed by atoms with Crippen LogP contribution in [0.1, 0.15) is 33.0 Å². The van der Waals surface area contributed by atoms with Gasteiger partial charge in [-0.25, -0.2) is 0 Å². The van der Waals surface area contributed by atoms with Gasteiger partial charge >= 0.3 is 5.92 Å². The van der Waals surface area contributed by atoms with Crippen molar-refractivity contribution in [3.05, 3.63) is 27.3 Å². The van der Waals surface area contributed by atoms with E-state index < -0.39 is 122 Å². The second kappa shape index (κ2) is 11.6. The van der Waals surface area contributed by atoms with Crippen LogP contribution in [0.15, 0.2) is 0 Å². The lowest BCUT2D eigenvalue weighted by atomic mass is 9.20. The number of rotatable bonds is 5. The Balaban J connectivity index is 1.86. The largest absolute Gasteiger partial charge is 0.352 e. The fourth-order valence-corrected chi connectivity index (χ4v) is 5.83. The second-order valence-electron chi connectivity index (χ2n) is 11.2. The molecule has 1 fully saturated rings. The van der Waals surface area contributed by atoms with E-state index in [1.54, 1.807) is 5.32 Å². The number of hydrogen-bond acceptors (Lipinski definition) is 4. The zero-order valence-electron chi connectivity index (χ0n) is 24.5. The zero-order chi connectivity index (χ0) is 37.2. The first kappa shape index (κ1) is 38.5. The minimum atomic E-state index is -4.58. The van der Waals surface area contributed by atoms with Crippen molar-refractivity contribution < 1.29 is 28.0 Å². The molecular formula is C22H2B16ClF2N3O4. The van der Waals surface area contributed by atoms with Crippen molar-refractivity contribution in [1.29, 1.82) is 0 Å². The number of hydrogen-bond donors (Lipinski definition) is 1. The van der Waals surface area contributed by atoms with Gasteiger partial charge in [0.25, 0.3) is 11.8 Å². The highest BCUT2D eigenvalue weighted by atomic mass is 35.5. The van der Waals surface area contributed by atoms with Crippen LogP contribution >= 0.6 is 11.6 Å². The molecule has 1 N–H and O–H groups in total. The summed E-state index contributed by atoms with van der Waals surface area (Å²) in [6.07, 6.45) is 0. The third-order valence-corrected chi connectivity index (χ3v) is 8.83. The third-order valence-electron chi connectivity index (χ3n) is 8.42. The van der Waals surface area contributed by atoms with E-state index in [-0.39, 0.29) is 9.71 Å². The number of benzene rings is 2. The number of nitrogens with one attached hydrogen (secondary N) is 1. The molecule has 1 saturated heterocycles. The van der Waals surface area contributed by atoms with Crippen molar-refractivity contribution in [2.45, 2.75) is 33.1 Å². The quantitative estimate of drug-likeness (QED) is 0.267. The van der Waals surface area contributed by atoms with Crippen molar-refractivity contribution in [3.63, 3.8) is 0 Å². The van der Waals surface area contributed by atoms with Crippen molar-refractivity contribution in [2.24, 2.45) is 0 Å². The second-order valence-corrected chi connectivity index (χ2v) is 11.6. The Morgan fingerprint density at radius 1 is 0.771 bits per heavy atom. The molecule has 4 rings (SSSR count). The van der Waals surface area contributed by atoms with E-state index in [0.717, 1.165) is 0 Å². The van der Waals surface area contributed by atoms with Gasteiger partial charge in [0, 0.05) is 22.1 Å². The molecule has 4 amide bonds. The molecule has 7 nitrogen and oxygen atoms in total. The van der Waals surface area contributed by atoms with Crippen LogP contribution in [0, 0.1) is 0 Å². The average Bonchev–Trinajstić information content (AvgIpc) is 3.20. The molecule has 0 saturated carbocycles. The molecule has 0 bridgehead atoms. The third kappa shape index (κ3) is 4.74. The Hall–Kier alpha value is -2.29. The number of alkyl halides is 2. The zero-order valence-corrected chi connectivity index (χ0v) is 25.2. The summed E-state index contributed by atoms with van der Waals surface area (Å²) in [6, 6.07) is 0. The Morgan fingerprint density at radius 2 is 1.25 bits per heavy atom. The number of carbonyl (C=O) groups is 4. The molecule has 0 aliphatic carbocycles. The summed E-state index contributed by atoms with van der Waals surface area (Å²) in [5.41, 5.74) is -11.5. The van der Waals surface area contributed by atoms with Crippen LogP contribution in [-0.2, 0) is 25.6 Å². The van der Waals surface area contributed by atoms with E-state index in [0.29, 0.717) is 0 Å². The van der Waals surface area contributed by atoms with Gasteiger partial charge in [-0.3, -0.25) is 19.2 Å². The fraction of sp³-hybridized carbons (Fsp3) is 0.273. The van der Waals surface area contributed by atoms with Gasteiger partial charge in [-0.2, -0.15) is 8.78 Å². The number of nitrogens with zero attached hydrogens (tertiary/aromatic N) is 2. The fourth-order valence-electron chi connectivity index (χ4n) is 5.62. The van der Waals surface area contributed by atoms with E-state index in [9.17, 15) is 19.2 Å². The molecule has 2 aromatic carbocycles. The summed E-state index contributed by atoms with van der Waals surface area (Å²) >= 11 is 5.86. The maximum absolute atomic E-state index is 15.6. The highest BCUT2D eigenvalue weighted by Crippen LogP contribution is 2.58. The smallest absolute Gasteiger partial charge is 0.348 e. The molecule has 2 atom stereocenters. The van der Waals surface area contributed by atoms with Crippen LogP contribution in [0.25, 0.3) is 0 Å². The van der Waals surface area contributed by atoms with Crippen LogP contribution in [0.3, 0.4) is 0 Å². The molecule has 48 heavy (non-hydrogen) atoms. The van der Waals surface area contributed by atoms with Crippen LogP contribution in [0.2, 0.25) is 15.5 Å². The highest BCUT2D eigenvalue weighted by Gasteiger charge is 2.67. The maximum Gasteiger partial charge on any atom is 0.348 e. The van der Waals surface area contributed by atoms with Crippen molar-refractivity contribution in [2.75, 3.05) is 0 Å². The molecule has 0 spiro atoms. The van der Waals surface area contributed by atoms with Crippen molar-refractivity contribution >= 4 is 199 Å². The summed E-state index contributed by atoms with van der Waals surface area (Å²) in [5.74, 6) is -13.4. The lowest BCUT2D eigenvalue weighted by molar-refractivity contribution is -0.150. The van der Waals surface area contributed by atoms with Gasteiger partial charge in [-0.15, -0.1) is 0 Å². The number of imide groups is 1. The van der Waals surface area contributed by atoms with Gasteiger partial charge in [0.05, 0.1) is 52.5 Å². The number of amides is 4. The molecule has 32 radical (unpaired) electrons. The van der Waals surface area contributed by atoms with Crippen molar-refractivity contribution in [3.8, 4) is 0 Å². The van der Waals surface area contributed by atoms with Crippen LogP contribution < -0.4 is 43.6 Å².